The molecule has 2 N–H and O–H groups in total. The van der Waals surface area contributed by atoms with E-state index in [-0.39, 0.29) is 11.6 Å². The van der Waals surface area contributed by atoms with Gasteiger partial charge in [0.2, 0.25) is 5.43 Å². The van der Waals surface area contributed by atoms with Crippen LogP contribution in [0.25, 0.3) is 22.0 Å². The minimum Gasteiger partial charge on any atom is -0.477 e. The molecule has 5 rings (SSSR count). The zero-order valence-corrected chi connectivity index (χ0v) is 16.8. The lowest BCUT2D eigenvalue weighted by atomic mass is 9.95. The van der Waals surface area contributed by atoms with E-state index in [0.29, 0.717) is 18.6 Å². The Morgan fingerprint density at radius 2 is 2.13 bits per heavy atom. The fraction of sp³-hybridized carbons (Fsp3) is 0.348. The summed E-state index contributed by atoms with van der Waals surface area (Å²) in [6.07, 6.45) is 6.34. The summed E-state index contributed by atoms with van der Waals surface area (Å²) < 4.78 is 7.97. The topological polar surface area (TPSA) is 93.5 Å². The number of rotatable bonds is 5. The van der Waals surface area contributed by atoms with Crippen LogP contribution in [0.3, 0.4) is 0 Å². The Balaban J connectivity index is 1.74. The maximum atomic E-state index is 12.9. The van der Waals surface area contributed by atoms with E-state index in [1.165, 1.54) is 6.20 Å². The number of ether oxygens (including phenoxy) is 1. The number of anilines is 1. The first-order valence-corrected chi connectivity index (χ1v) is 10.3. The largest absolute Gasteiger partial charge is 0.477 e. The van der Waals surface area contributed by atoms with Crippen molar-refractivity contribution < 1.29 is 14.6 Å². The molecule has 1 aromatic carbocycles. The lowest BCUT2D eigenvalue weighted by Crippen LogP contribution is -2.19. The zero-order chi connectivity index (χ0) is 20.8. The maximum absolute atomic E-state index is 12.9. The first-order valence-electron chi connectivity index (χ1n) is 10.3. The number of hydrogen-bond donors (Lipinski definition) is 2. The molecule has 0 radical (unpaired) electrons. The van der Waals surface area contributed by atoms with Crippen LogP contribution >= 0.6 is 0 Å². The van der Waals surface area contributed by atoms with E-state index >= 15 is 0 Å². The van der Waals surface area contributed by atoms with E-state index in [9.17, 15) is 14.7 Å². The molecule has 2 aromatic heterocycles. The van der Waals surface area contributed by atoms with Gasteiger partial charge in [-0.1, -0.05) is 13.0 Å². The van der Waals surface area contributed by atoms with Crippen LogP contribution in [0.5, 0.6) is 0 Å². The molecule has 7 heteroatoms. The lowest BCUT2D eigenvalue weighted by molar-refractivity contribution is 0.0695. The standard InChI is InChI=1S/C23H23N3O4/c1-2-7-24-20-8-13-11-30-12-19-15(17(13)9-25-20)5-6-16-21(19)26(14-3-4-14)10-18(22(16)27)23(28)29/h5-6,8-10,14H,2-4,7,11-12H2,1H3,(H,24,25)(H,28,29). The molecule has 1 saturated carbocycles. The minimum absolute atomic E-state index is 0.183. The minimum atomic E-state index is -1.19. The third kappa shape index (κ3) is 3.06. The molecular weight excluding hydrogens is 382 g/mol. The Morgan fingerprint density at radius 1 is 1.30 bits per heavy atom. The molecule has 0 unspecified atom stereocenters. The lowest BCUT2D eigenvalue weighted by Gasteiger charge is -2.17. The number of nitrogens with one attached hydrogen (secondary N) is 1. The zero-order valence-electron chi connectivity index (χ0n) is 16.8. The van der Waals surface area contributed by atoms with Crippen LogP contribution in [-0.2, 0) is 18.0 Å². The average Bonchev–Trinajstić information content (AvgIpc) is 3.58. The van der Waals surface area contributed by atoms with Crippen molar-refractivity contribution in [2.75, 3.05) is 11.9 Å². The van der Waals surface area contributed by atoms with Crippen molar-refractivity contribution in [2.24, 2.45) is 0 Å². The second kappa shape index (κ2) is 7.25. The molecule has 0 spiro atoms. The van der Waals surface area contributed by atoms with E-state index in [4.69, 9.17) is 4.74 Å². The van der Waals surface area contributed by atoms with Crippen LogP contribution in [0.4, 0.5) is 5.82 Å². The smallest absolute Gasteiger partial charge is 0.341 e. The molecule has 2 aliphatic rings. The van der Waals surface area contributed by atoms with Gasteiger partial charge in [0.1, 0.15) is 11.4 Å². The van der Waals surface area contributed by atoms with Gasteiger partial charge in [0.25, 0.3) is 0 Å². The molecule has 1 fully saturated rings. The summed E-state index contributed by atoms with van der Waals surface area (Å²) >= 11 is 0. The van der Waals surface area contributed by atoms with Crippen molar-refractivity contribution in [3.63, 3.8) is 0 Å². The summed E-state index contributed by atoms with van der Waals surface area (Å²) in [4.78, 5) is 29.1. The number of carboxylic acids is 1. The second-order valence-corrected chi connectivity index (χ2v) is 7.95. The summed E-state index contributed by atoms with van der Waals surface area (Å²) in [7, 11) is 0. The maximum Gasteiger partial charge on any atom is 0.341 e. The van der Waals surface area contributed by atoms with Crippen LogP contribution in [-0.4, -0.2) is 27.2 Å². The number of nitrogens with zero attached hydrogens (tertiary/aromatic N) is 2. The number of carbonyl (C=O) groups is 1. The van der Waals surface area contributed by atoms with E-state index in [2.05, 4.69) is 17.2 Å². The van der Waals surface area contributed by atoms with Crippen LogP contribution in [0.2, 0.25) is 0 Å². The van der Waals surface area contributed by atoms with Gasteiger partial charge in [-0.3, -0.25) is 4.79 Å². The van der Waals surface area contributed by atoms with Gasteiger partial charge in [-0.05, 0) is 42.5 Å². The van der Waals surface area contributed by atoms with Crippen LogP contribution in [0, 0.1) is 0 Å². The number of benzene rings is 1. The third-order valence-corrected chi connectivity index (χ3v) is 5.81. The van der Waals surface area contributed by atoms with Gasteiger partial charge in [-0.25, -0.2) is 9.78 Å². The Morgan fingerprint density at radius 3 is 2.87 bits per heavy atom. The normalized spacial score (nSPS) is 15.4. The summed E-state index contributed by atoms with van der Waals surface area (Å²) in [5.74, 6) is -0.367. The molecule has 1 aliphatic heterocycles. The predicted octanol–water partition coefficient (Wildman–Crippen LogP) is 3.95. The number of aromatic nitrogens is 2. The number of fused-ring (bicyclic) bond motifs is 5. The van der Waals surface area contributed by atoms with Gasteiger partial charge in [-0.2, -0.15) is 0 Å². The summed E-state index contributed by atoms with van der Waals surface area (Å²) in [6.45, 7) is 3.77. The van der Waals surface area contributed by atoms with E-state index in [1.54, 1.807) is 6.07 Å². The van der Waals surface area contributed by atoms with Crippen molar-refractivity contribution in [3.8, 4) is 11.1 Å². The molecule has 30 heavy (non-hydrogen) atoms. The second-order valence-electron chi connectivity index (χ2n) is 7.95. The Labute approximate surface area is 173 Å². The van der Waals surface area contributed by atoms with Gasteiger partial charge in [0.05, 0.1) is 18.7 Å². The van der Waals surface area contributed by atoms with Gasteiger partial charge < -0.3 is 19.7 Å². The highest BCUT2D eigenvalue weighted by molar-refractivity contribution is 5.96. The fourth-order valence-electron chi connectivity index (χ4n) is 4.19. The highest BCUT2D eigenvalue weighted by atomic mass is 16.5. The first-order chi connectivity index (χ1) is 14.6. The van der Waals surface area contributed by atoms with Gasteiger partial charge in [-0.15, -0.1) is 0 Å². The van der Waals surface area contributed by atoms with Crippen LogP contribution in [0.1, 0.15) is 53.7 Å². The highest BCUT2D eigenvalue weighted by Crippen LogP contribution is 2.41. The summed E-state index contributed by atoms with van der Waals surface area (Å²) in [5, 5.41) is 13.2. The predicted molar refractivity (Wildman–Crippen MR) is 114 cm³/mol. The Hall–Kier alpha value is -3.19. The molecule has 7 nitrogen and oxygen atoms in total. The fourth-order valence-corrected chi connectivity index (χ4v) is 4.19. The monoisotopic (exact) mass is 405 g/mol. The molecule has 0 amide bonds. The molecule has 0 atom stereocenters. The third-order valence-electron chi connectivity index (χ3n) is 5.81. The van der Waals surface area contributed by atoms with Gasteiger partial charge >= 0.3 is 5.97 Å². The highest BCUT2D eigenvalue weighted by Gasteiger charge is 2.29. The van der Waals surface area contributed by atoms with Crippen LogP contribution in [0.15, 0.2) is 35.4 Å². The molecule has 1 aliphatic carbocycles. The molecule has 3 aromatic rings. The first kappa shape index (κ1) is 18.8. The summed E-state index contributed by atoms with van der Waals surface area (Å²) in [5.41, 5.74) is 4.10. The molecule has 154 valence electrons. The molecule has 0 bridgehead atoms. The van der Waals surface area contributed by atoms with E-state index in [1.807, 2.05) is 22.9 Å². The molecular formula is C23H23N3O4. The van der Waals surface area contributed by atoms with Crippen molar-refractivity contribution in [1.82, 2.24) is 9.55 Å². The average molecular weight is 405 g/mol. The number of hydrogen-bond acceptors (Lipinski definition) is 5. The van der Waals surface area contributed by atoms with E-state index in [0.717, 1.165) is 59.4 Å². The van der Waals surface area contributed by atoms with Crippen molar-refractivity contribution in [2.45, 2.75) is 45.4 Å². The van der Waals surface area contributed by atoms with Crippen molar-refractivity contribution in [3.05, 3.63) is 57.5 Å². The number of aromatic carboxylic acids is 1. The number of pyridine rings is 2. The van der Waals surface area contributed by atoms with Crippen molar-refractivity contribution in [1.29, 1.82) is 0 Å². The molecule has 0 saturated heterocycles. The Kier molecular flexibility index (Phi) is 4.55. The van der Waals surface area contributed by atoms with Gasteiger partial charge in [0, 0.05) is 41.5 Å². The van der Waals surface area contributed by atoms with Gasteiger partial charge in [0.15, 0.2) is 0 Å². The molecule has 3 heterocycles. The van der Waals surface area contributed by atoms with E-state index < -0.39 is 11.4 Å². The SMILES string of the molecule is CCCNc1cc2c(cn1)-c1ccc3c(=O)c(C(=O)O)cn(C4CC4)c3c1COC2. The van der Waals surface area contributed by atoms with Crippen molar-refractivity contribution >= 4 is 22.7 Å². The number of carboxylic acid groups (broad SMARTS) is 1. The van der Waals surface area contributed by atoms with Crippen LogP contribution < -0.4 is 10.7 Å². The Bertz CT molecular complexity index is 1230. The summed E-state index contributed by atoms with van der Waals surface area (Å²) in [6, 6.07) is 5.89. The quantitative estimate of drug-likeness (QED) is 0.668.